The predicted octanol–water partition coefficient (Wildman–Crippen LogP) is -0.853. The lowest BCUT2D eigenvalue weighted by molar-refractivity contribution is -0.136. The molecular formula is C8H14N2O4. The van der Waals surface area contributed by atoms with Gasteiger partial charge in [-0.1, -0.05) is 0 Å². The van der Waals surface area contributed by atoms with Crippen LogP contribution in [0.2, 0.25) is 0 Å². The van der Waals surface area contributed by atoms with Crippen LogP contribution < -0.4 is 11.5 Å². The van der Waals surface area contributed by atoms with Gasteiger partial charge in [-0.15, -0.1) is 0 Å². The molecule has 0 aromatic heterocycles. The topological polar surface area (TPSA) is 127 Å². The third kappa shape index (κ3) is 2.82. The lowest BCUT2D eigenvalue weighted by Crippen LogP contribution is -2.33. The van der Waals surface area contributed by atoms with E-state index in [1.807, 2.05) is 0 Å². The Morgan fingerprint density at radius 2 is 1.14 bits per heavy atom. The minimum absolute atomic E-state index is 0.354. The van der Waals surface area contributed by atoms with Crippen LogP contribution in [0.1, 0.15) is 13.8 Å². The quantitative estimate of drug-likeness (QED) is 0.439. The zero-order valence-corrected chi connectivity index (χ0v) is 8.02. The summed E-state index contributed by atoms with van der Waals surface area (Å²) in [5, 5.41) is 17.5. The highest BCUT2D eigenvalue weighted by molar-refractivity contribution is 6.00. The molecule has 80 valence electrons. The molecule has 0 bridgehead atoms. The Bertz CT molecular complexity index is 253. The maximum absolute atomic E-state index is 10.7. The number of carbonyl (C=O) groups is 2. The van der Waals surface area contributed by atoms with E-state index >= 15 is 0 Å². The van der Waals surface area contributed by atoms with Crippen molar-refractivity contribution in [1.82, 2.24) is 0 Å². The van der Waals surface area contributed by atoms with Crippen molar-refractivity contribution in [2.75, 3.05) is 0 Å². The van der Waals surface area contributed by atoms with Crippen LogP contribution in [-0.4, -0.2) is 34.2 Å². The van der Waals surface area contributed by atoms with Crippen LogP contribution in [0, 0.1) is 0 Å². The highest BCUT2D eigenvalue weighted by Crippen LogP contribution is 2.11. The van der Waals surface area contributed by atoms with E-state index in [4.69, 9.17) is 21.7 Å². The van der Waals surface area contributed by atoms with Gasteiger partial charge in [0.1, 0.15) is 0 Å². The average Bonchev–Trinajstić information content (AvgIpc) is 1.96. The second-order valence-electron chi connectivity index (χ2n) is 3.02. The molecule has 0 amide bonds. The highest BCUT2D eigenvalue weighted by atomic mass is 16.4. The summed E-state index contributed by atoms with van der Waals surface area (Å²) in [6, 6.07) is -1.74. The minimum atomic E-state index is -1.35. The fraction of sp³-hybridized carbons (Fsp3) is 0.500. The molecule has 0 heterocycles. The predicted molar refractivity (Wildman–Crippen MR) is 49.6 cm³/mol. The van der Waals surface area contributed by atoms with Gasteiger partial charge < -0.3 is 21.7 Å². The first-order chi connectivity index (χ1) is 6.29. The molecule has 0 aliphatic heterocycles. The van der Waals surface area contributed by atoms with Crippen LogP contribution in [0.4, 0.5) is 0 Å². The van der Waals surface area contributed by atoms with E-state index in [9.17, 15) is 9.59 Å². The minimum Gasteiger partial charge on any atom is -0.478 e. The standard InChI is InChI=1S/C8H14N2O4/c1-3(9)5(7(11)12)6(4(2)10)8(13)14/h3-4H,9-10H2,1-2H3,(H,11,12)(H,13,14). The van der Waals surface area contributed by atoms with Crippen LogP contribution in [0.3, 0.4) is 0 Å². The molecule has 2 atom stereocenters. The SMILES string of the molecule is CC(N)C(C(=O)O)=C(C(=O)O)C(C)N. The van der Waals surface area contributed by atoms with Crippen LogP contribution >= 0.6 is 0 Å². The van der Waals surface area contributed by atoms with E-state index in [1.54, 1.807) is 0 Å². The monoisotopic (exact) mass is 202 g/mol. The zero-order valence-electron chi connectivity index (χ0n) is 8.02. The second-order valence-corrected chi connectivity index (χ2v) is 3.02. The first-order valence-electron chi connectivity index (χ1n) is 4.00. The Kier molecular flexibility index (Phi) is 4.26. The number of rotatable bonds is 4. The first-order valence-corrected chi connectivity index (χ1v) is 4.00. The van der Waals surface area contributed by atoms with Gasteiger partial charge in [0, 0.05) is 12.1 Å². The van der Waals surface area contributed by atoms with Crippen LogP contribution in [-0.2, 0) is 9.59 Å². The van der Waals surface area contributed by atoms with Crippen LogP contribution in [0.15, 0.2) is 11.1 Å². The molecule has 0 spiro atoms. The van der Waals surface area contributed by atoms with Crippen molar-refractivity contribution in [3.63, 3.8) is 0 Å². The Balaban J connectivity index is 5.51. The Morgan fingerprint density at radius 3 is 1.21 bits per heavy atom. The third-order valence-corrected chi connectivity index (χ3v) is 1.66. The van der Waals surface area contributed by atoms with E-state index in [1.165, 1.54) is 13.8 Å². The van der Waals surface area contributed by atoms with Crippen molar-refractivity contribution in [2.24, 2.45) is 11.5 Å². The van der Waals surface area contributed by atoms with E-state index in [2.05, 4.69) is 0 Å². The summed E-state index contributed by atoms with van der Waals surface area (Å²) in [4.78, 5) is 21.5. The molecule has 0 aliphatic carbocycles. The summed E-state index contributed by atoms with van der Waals surface area (Å²) in [5.74, 6) is -2.70. The van der Waals surface area contributed by atoms with Crippen LogP contribution in [0.25, 0.3) is 0 Å². The van der Waals surface area contributed by atoms with Crippen molar-refractivity contribution in [2.45, 2.75) is 25.9 Å². The van der Waals surface area contributed by atoms with E-state index in [-0.39, 0.29) is 11.1 Å². The highest BCUT2D eigenvalue weighted by Gasteiger charge is 2.25. The first kappa shape index (κ1) is 12.6. The Labute approximate surface area is 81.2 Å². The summed E-state index contributed by atoms with van der Waals surface area (Å²) >= 11 is 0. The van der Waals surface area contributed by atoms with Crippen LogP contribution in [0.5, 0.6) is 0 Å². The van der Waals surface area contributed by atoms with Gasteiger partial charge in [0.2, 0.25) is 0 Å². The molecular weight excluding hydrogens is 188 g/mol. The van der Waals surface area contributed by atoms with Gasteiger partial charge in [0.25, 0.3) is 0 Å². The smallest absolute Gasteiger partial charge is 0.333 e. The van der Waals surface area contributed by atoms with E-state index < -0.39 is 24.0 Å². The summed E-state index contributed by atoms with van der Waals surface area (Å²) in [7, 11) is 0. The zero-order chi connectivity index (χ0) is 11.5. The van der Waals surface area contributed by atoms with Gasteiger partial charge in [-0.05, 0) is 13.8 Å². The van der Waals surface area contributed by atoms with Crippen molar-refractivity contribution in [3.8, 4) is 0 Å². The van der Waals surface area contributed by atoms with Crippen molar-refractivity contribution < 1.29 is 19.8 Å². The maximum atomic E-state index is 10.7. The lowest BCUT2D eigenvalue weighted by atomic mass is 9.98. The Hall–Kier alpha value is -1.40. The van der Waals surface area contributed by atoms with Gasteiger partial charge in [-0.2, -0.15) is 0 Å². The van der Waals surface area contributed by atoms with Gasteiger partial charge in [0.05, 0.1) is 11.1 Å². The molecule has 0 saturated carbocycles. The molecule has 6 heteroatoms. The third-order valence-electron chi connectivity index (χ3n) is 1.66. The second kappa shape index (κ2) is 4.73. The number of hydrogen-bond donors (Lipinski definition) is 4. The molecule has 0 aliphatic rings. The fourth-order valence-electron chi connectivity index (χ4n) is 1.11. The summed E-state index contributed by atoms with van der Waals surface area (Å²) in [6.45, 7) is 2.80. The number of nitrogens with two attached hydrogens (primary N) is 2. The maximum Gasteiger partial charge on any atom is 0.333 e. The molecule has 0 rings (SSSR count). The molecule has 2 unspecified atom stereocenters. The van der Waals surface area contributed by atoms with Gasteiger partial charge in [-0.25, -0.2) is 9.59 Å². The summed E-state index contributed by atoms with van der Waals surface area (Å²) in [5.41, 5.74) is 10.0. The number of carboxylic acid groups (broad SMARTS) is 2. The van der Waals surface area contributed by atoms with Crippen molar-refractivity contribution >= 4 is 11.9 Å². The fourth-order valence-corrected chi connectivity index (χ4v) is 1.11. The number of hydrogen-bond acceptors (Lipinski definition) is 4. The molecule has 0 aromatic rings. The number of carboxylic acids is 2. The average molecular weight is 202 g/mol. The van der Waals surface area contributed by atoms with E-state index in [0.29, 0.717) is 0 Å². The van der Waals surface area contributed by atoms with E-state index in [0.717, 1.165) is 0 Å². The molecule has 14 heavy (non-hydrogen) atoms. The van der Waals surface area contributed by atoms with Gasteiger partial charge in [0.15, 0.2) is 0 Å². The van der Waals surface area contributed by atoms with Crippen molar-refractivity contribution in [3.05, 3.63) is 11.1 Å². The molecule has 0 aromatic carbocycles. The number of aliphatic carboxylic acids is 2. The molecule has 0 radical (unpaired) electrons. The Morgan fingerprint density at radius 1 is 0.929 bits per heavy atom. The normalized spacial score (nSPS) is 16.9. The summed E-state index contributed by atoms with van der Waals surface area (Å²) in [6.07, 6.45) is 0. The molecule has 6 nitrogen and oxygen atoms in total. The van der Waals surface area contributed by atoms with Gasteiger partial charge in [-0.3, -0.25) is 0 Å². The summed E-state index contributed by atoms with van der Waals surface area (Å²) < 4.78 is 0. The lowest BCUT2D eigenvalue weighted by Gasteiger charge is -2.14. The van der Waals surface area contributed by atoms with Gasteiger partial charge >= 0.3 is 11.9 Å². The molecule has 0 fully saturated rings. The largest absolute Gasteiger partial charge is 0.478 e. The molecule has 6 N–H and O–H groups in total. The molecule has 0 saturated heterocycles. The van der Waals surface area contributed by atoms with Crippen molar-refractivity contribution in [1.29, 1.82) is 0 Å².